The number of anilines is 2. The molecule has 3 aromatic rings. The molecule has 0 aliphatic heterocycles. The minimum absolute atomic E-state index is 0.0451. The molecule has 140 valence electrons. The fraction of sp³-hybridized carbons (Fsp3) is 0.174. The van der Waals surface area contributed by atoms with E-state index in [4.69, 9.17) is 5.26 Å². The molecule has 3 rings (SSSR count). The van der Waals surface area contributed by atoms with Gasteiger partial charge in [-0.05, 0) is 55.8 Å². The zero-order valence-electron chi connectivity index (χ0n) is 16.0. The summed E-state index contributed by atoms with van der Waals surface area (Å²) >= 11 is 0. The second-order valence-corrected chi connectivity index (χ2v) is 6.76. The molecule has 0 unspecified atom stereocenters. The van der Waals surface area contributed by atoms with Crippen molar-refractivity contribution in [2.75, 3.05) is 5.32 Å². The Morgan fingerprint density at radius 3 is 2.36 bits per heavy atom. The largest absolute Gasteiger partial charge is 0.340 e. The van der Waals surface area contributed by atoms with Crippen LogP contribution in [-0.4, -0.2) is 21.8 Å². The van der Waals surface area contributed by atoms with Gasteiger partial charge in [-0.1, -0.05) is 30.3 Å². The minimum atomic E-state index is -0.0451. The molecule has 0 fully saturated rings. The van der Waals surface area contributed by atoms with Gasteiger partial charge in [0, 0.05) is 24.5 Å². The van der Waals surface area contributed by atoms with Crippen LogP contribution in [0, 0.1) is 11.3 Å². The summed E-state index contributed by atoms with van der Waals surface area (Å²) in [6, 6.07) is 22.8. The van der Waals surface area contributed by atoms with Crippen molar-refractivity contribution in [1.29, 1.82) is 5.26 Å². The van der Waals surface area contributed by atoms with Crippen molar-refractivity contribution in [3.05, 3.63) is 89.6 Å². The standard InChI is InChI=1S/C23H22N4O/c1-17(2)27(16-19-6-4-3-5-7-19)23(28)20-10-13-22(25-15-20)26-21-11-8-18(14-24)9-12-21/h3-13,15,17H,16H2,1-2H3,(H,25,26). The van der Waals surface area contributed by atoms with E-state index >= 15 is 0 Å². The Kier molecular flexibility index (Phi) is 6.03. The molecule has 1 amide bonds. The Morgan fingerprint density at radius 2 is 1.79 bits per heavy atom. The fourth-order valence-corrected chi connectivity index (χ4v) is 2.81. The first kappa shape index (κ1) is 19.1. The molecule has 0 radical (unpaired) electrons. The Labute approximate surface area is 165 Å². The number of carbonyl (C=O) groups is 1. The van der Waals surface area contributed by atoms with Crippen molar-refractivity contribution >= 4 is 17.4 Å². The zero-order valence-corrected chi connectivity index (χ0v) is 16.0. The van der Waals surface area contributed by atoms with Crippen LogP contribution in [0.15, 0.2) is 72.9 Å². The molecular weight excluding hydrogens is 348 g/mol. The lowest BCUT2D eigenvalue weighted by Crippen LogP contribution is -2.36. The van der Waals surface area contributed by atoms with E-state index < -0.39 is 0 Å². The van der Waals surface area contributed by atoms with Crippen LogP contribution < -0.4 is 5.32 Å². The number of hydrogen-bond acceptors (Lipinski definition) is 4. The molecule has 0 saturated carbocycles. The van der Waals surface area contributed by atoms with Gasteiger partial charge in [0.1, 0.15) is 5.82 Å². The molecule has 5 nitrogen and oxygen atoms in total. The summed E-state index contributed by atoms with van der Waals surface area (Å²) < 4.78 is 0. The van der Waals surface area contributed by atoms with Gasteiger partial charge in [-0.2, -0.15) is 5.26 Å². The molecule has 0 aliphatic carbocycles. The summed E-state index contributed by atoms with van der Waals surface area (Å²) in [5, 5.41) is 12.0. The third-order valence-electron chi connectivity index (χ3n) is 4.38. The first-order chi connectivity index (χ1) is 13.6. The molecule has 0 atom stereocenters. The highest BCUT2D eigenvalue weighted by atomic mass is 16.2. The molecule has 5 heteroatoms. The summed E-state index contributed by atoms with van der Waals surface area (Å²) in [6.07, 6.45) is 1.59. The highest BCUT2D eigenvalue weighted by Gasteiger charge is 2.19. The van der Waals surface area contributed by atoms with Crippen molar-refractivity contribution in [1.82, 2.24) is 9.88 Å². The van der Waals surface area contributed by atoms with Crippen LogP contribution in [0.4, 0.5) is 11.5 Å². The summed E-state index contributed by atoms with van der Waals surface area (Å²) in [4.78, 5) is 19.2. The van der Waals surface area contributed by atoms with E-state index in [1.165, 1.54) is 0 Å². The summed E-state index contributed by atoms with van der Waals surface area (Å²) in [5.41, 5.74) is 3.08. The van der Waals surface area contributed by atoms with Crippen LogP contribution in [0.5, 0.6) is 0 Å². The molecule has 1 heterocycles. The van der Waals surface area contributed by atoms with E-state index in [0.717, 1.165) is 11.3 Å². The third-order valence-corrected chi connectivity index (χ3v) is 4.38. The fourth-order valence-electron chi connectivity index (χ4n) is 2.81. The number of nitrogens with zero attached hydrogens (tertiary/aromatic N) is 3. The van der Waals surface area contributed by atoms with Crippen molar-refractivity contribution in [2.24, 2.45) is 0 Å². The summed E-state index contributed by atoms with van der Waals surface area (Å²) in [5.74, 6) is 0.594. The molecule has 1 N–H and O–H groups in total. The first-order valence-corrected chi connectivity index (χ1v) is 9.15. The van der Waals surface area contributed by atoms with Crippen LogP contribution in [0.1, 0.15) is 35.3 Å². The zero-order chi connectivity index (χ0) is 19.9. The molecule has 0 aliphatic rings. The number of amides is 1. The Balaban J connectivity index is 1.71. The number of rotatable bonds is 6. The van der Waals surface area contributed by atoms with Crippen molar-refractivity contribution < 1.29 is 4.79 Å². The van der Waals surface area contributed by atoms with Crippen LogP contribution in [0.2, 0.25) is 0 Å². The van der Waals surface area contributed by atoms with E-state index in [2.05, 4.69) is 16.4 Å². The van der Waals surface area contributed by atoms with Crippen LogP contribution >= 0.6 is 0 Å². The number of nitriles is 1. The van der Waals surface area contributed by atoms with Gasteiger partial charge < -0.3 is 10.2 Å². The number of hydrogen-bond donors (Lipinski definition) is 1. The molecule has 28 heavy (non-hydrogen) atoms. The maximum absolute atomic E-state index is 13.0. The second kappa shape index (κ2) is 8.83. The van der Waals surface area contributed by atoms with Gasteiger partial charge in [-0.3, -0.25) is 4.79 Å². The number of pyridine rings is 1. The van der Waals surface area contributed by atoms with Gasteiger partial charge in [-0.15, -0.1) is 0 Å². The topological polar surface area (TPSA) is 69.0 Å². The second-order valence-electron chi connectivity index (χ2n) is 6.76. The summed E-state index contributed by atoms with van der Waals surface area (Å²) in [6.45, 7) is 4.58. The number of carbonyl (C=O) groups excluding carboxylic acids is 1. The van der Waals surface area contributed by atoms with Gasteiger partial charge in [0.2, 0.25) is 0 Å². The molecular formula is C23H22N4O. The number of benzene rings is 2. The Hall–Kier alpha value is -3.65. The highest BCUT2D eigenvalue weighted by molar-refractivity contribution is 5.94. The van der Waals surface area contributed by atoms with E-state index in [0.29, 0.717) is 23.5 Å². The lowest BCUT2D eigenvalue weighted by molar-refractivity contribution is 0.0690. The van der Waals surface area contributed by atoms with Crippen LogP contribution in [-0.2, 0) is 6.54 Å². The lowest BCUT2D eigenvalue weighted by Gasteiger charge is -2.27. The highest BCUT2D eigenvalue weighted by Crippen LogP contribution is 2.17. The third kappa shape index (κ3) is 4.74. The predicted molar refractivity (Wildman–Crippen MR) is 110 cm³/mol. The predicted octanol–water partition coefficient (Wildman–Crippen LogP) is 4.75. The number of aromatic nitrogens is 1. The van der Waals surface area contributed by atoms with Crippen molar-refractivity contribution in [3.8, 4) is 6.07 Å². The Morgan fingerprint density at radius 1 is 1.07 bits per heavy atom. The summed E-state index contributed by atoms with van der Waals surface area (Å²) in [7, 11) is 0. The average molecular weight is 370 g/mol. The van der Waals surface area contributed by atoms with E-state index in [9.17, 15) is 4.79 Å². The number of nitrogens with one attached hydrogen (secondary N) is 1. The Bertz CT molecular complexity index is 958. The average Bonchev–Trinajstić information content (AvgIpc) is 2.73. The smallest absolute Gasteiger partial charge is 0.255 e. The van der Waals surface area contributed by atoms with Crippen LogP contribution in [0.3, 0.4) is 0 Å². The van der Waals surface area contributed by atoms with E-state index in [1.807, 2.05) is 61.2 Å². The van der Waals surface area contributed by atoms with Gasteiger partial charge in [0.15, 0.2) is 0 Å². The molecule has 0 bridgehead atoms. The maximum Gasteiger partial charge on any atom is 0.255 e. The normalized spacial score (nSPS) is 10.4. The first-order valence-electron chi connectivity index (χ1n) is 9.15. The van der Waals surface area contributed by atoms with E-state index in [1.54, 1.807) is 30.5 Å². The van der Waals surface area contributed by atoms with E-state index in [-0.39, 0.29) is 11.9 Å². The van der Waals surface area contributed by atoms with Gasteiger partial charge in [0.05, 0.1) is 17.2 Å². The molecule has 0 spiro atoms. The SMILES string of the molecule is CC(C)N(Cc1ccccc1)C(=O)c1ccc(Nc2ccc(C#N)cc2)nc1. The maximum atomic E-state index is 13.0. The molecule has 1 aromatic heterocycles. The molecule has 0 saturated heterocycles. The molecule has 2 aromatic carbocycles. The van der Waals surface area contributed by atoms with Gasteiger partial charge in [-0.25, -0.2) is 4.98 Å². The van der Waals surface area contributed by atoms with Gasteiger partial charge >= 0.3 is 0 Å². The van der Waals surface area contributed by atoms with Crippen molar-refractivity contribution in [3.63, 3.8) is 0 Å². The lowest BCUT2D eigenvalue weighted by atomic mass is 10.1. The van der Waals surface area contributed by atoms with Crippen molar-refractivity contribution in [2.45, 2.75) is 26.4 Å². The van der Waals surface area contributed by atoms with Gasteiger partial charge in [0.25, 0.3) is 5.91 Å². The van der Waals surface area contributed by atoms with Crippen LogP contribution in [0.25, 0.3) is 0 Å². The quantitative estimate of drug-likeness (QED) is 0.680. The minimum Gasteiger partial charge on any atom is -0.340 e. The monoisotopic (exact) mass is 370 g/mol.